The molecule has 4 nitrogen and oxygen atoms in total. The molecule has 20 heavy (non-hydrogen) atoms. The summed E-state index contributed by atoms with van der Waals surface area (Å²) in [5, 5.41) is 0.637. The van der Waals surface area contributed by atoms with Gasteiger partial charge in [-0.3, -0.25) is 4.72 Å². The van der Waals surface area contributed by atoms with Crippen molar-refractivity contribution in [2.75, 3.05) is 10.5 Å². The van der Waals surface area contributed by atoms with E-state index < -0.39 is 10.0 Å². The molecule has 106 valence electrons. The predicted molar refractivity (Wildman–Crippen MR) is 82.9 cm³/mol. The van der Waals surface area contributed by atoms with E-state index >= 15 is 0 Å². The highest BCUT2D eigenvalue weighted by atomic mass is 35.5. The standard InChI is InChI=1S/C13H12Cl2N2O2S/c1-8-6-10(3-5-13(8)16)20(18,19)17-9-2-4-11(14)12(15)7-9/h2-7,17H,16H2,1H3. The van der Waals surface area contributed by atoms with E-state index in [1.807, 2.05) is 0 Å². The number of hydrogen-bond acceptors (Lipinski definition) is 3. The first-order chi connectivity index (χ1) is 9.29. The molecule has 0 aliphatic carbocycles. The minimum Gasteiger partial charge on any atom is -0.399 e. The lowest BCUT2D eigenvalue weighted by molar-refractivity contribution is 0.601. The van der Waals surface area contributed by atoms with Crippen LogP contribution in [0.15, 0.2) is 41.3 Å². The van der Waals surface area contributed by atoms with Gasteiger partial charge in [-0.2, -0.15) is 0 Å². The first kappa shape index (κ1) is 15.0. The van der Waals surface area contributed by atoms with Crippen LogP contribution in [0.1, 0.15) is 5.56 Å². The number of anilines is 2. The minimum atomic E-state index is -3.69. The van der Waals surface area contributed by atoms with E-state index in [9.17, 15) is 8.42 Å². The number of halogens is 2. The van der Waals surface area contributed by atoms with Gasteiger partial charge in [-0.15, -0.1) is 0 Å². The monoisotopic (exact) mass is 330 g/mol. The van der Waals surface area contributed by atoms with Crippen LogP contribution in [0.4, 0.5) is 11.4 Å². The van der Waals surface area contributed by atoms with Gasteiger partial charge >= 0.3 is 0 Å². The Morgan fingerprint density at radius 2 is 1.75 bits per heavy atom. The summed E-state index contributed by atoms with van der Waals surface area (Å²) in [7, 11) is -3.69. The quantitative estimate of drug-likeness (QED) is 0.843. The Hall–Kier alpha value is -1.43. The third-order valence-corrected chi connectivity index (χ3v) is 4.84. The Bertz CT molecular complexity index is 761. The number of nitrogen functional groups attached to an aromatic ring is 1. The van der Waals surface area contributed by atoms with Crippen LogP contribution in [0, 0.1) is 6.92 Å². The minimum absolute atomic E-state index is 0.135. The molecule has 2 aromatic carbocycles. The Morgan fingerprint density at radius 3 is 2.35 bits per heavy atom. The molecule has 0 amide bonds. The van der Waals surface area contributed by atoms with Gasteiger partial charge in [0, 0.05) is 5.69 Å². The molecule has 3 N–H and O–H groups in total. The number of sulfonamides is 1. The van der Waals surface area contributed by atoms with Crippen LogP contribution in [0.5, 0.6) is 0 Å². The normalized spacial score (nSPS) is 11.3. The van der Waals surface area contributed by atoms with Gasteiger partial charge < -0.3 is 5.73 Å². The molecule has 0 aromatic heterocycles. The second kappa shape index (κ2) is 5.52. The van der Waals surface area contributed by atoms with Gasteiger partial charge in [-0.25, -0.2) is 8.42 Å². The summed E-state index contributed by atoms with van der Waals surface area (Å²) in [6.07, 6.45) is 0. The lowest BCUT2D eigenvalue weighted by Gasteiger charge is -2.10. The number of benzene rings is 2. The number of rotatable bonds is 3. The second-order valence-corrected chi connectivity index (χ2v) is 6.75. The maximum absolute atomic E-state index is 12.2. The SMILES string of the molecule is Cc1cc(S(=O)(=O)Nc2ccc(Cl)c(Cl)c2)ccc1N. The van der Waals surface area contributed by atoms with E-state index in [2.05, 4.69) is 4.72 Å². The number of hydrogen-bond donors (Lipinski definition) is 2. The molecule has 0 bridgehead atoms. The fourth-order valence-electron chi connectivity index (χ4n) is 1.59. The third-order valence-electron chi connectivity index (χ3n) is 2.72. The molecule has 0 saturated carbocycles. The van der Waals surface area contributed by atoms with Gasteiger partial charge in [0.05, 0.1) is 20.6 Å². The van der Waals surface area contributed by atoms with Gasteiger partial charge in [0.2, 0.25) is 0 Å². The average Bonchev–Trinajstić information content (AvgIpc) is 2.37. The lowest BCUT2D eigenvalue weighted by atomic mass is 10.2. The summed E-state index contributed by atoms with van der Waals surface area (Å²) in [5.41, 5.74) is 7.25. The van der Waals surface area contributed by atoms with Gasteiger partial charge in [0.1, 0.15) is 0 Å². The van der Waals surface area contributed by atoms with Crippen molar-refractivity contribution in [3.05, 3.63) is 52.0 Å². The topological polar surface area (TPSA) is 72.2 Å². The summed E-state index contributed by atoms with van der Waals surface area (Å²) in [6.45, 7) is 1.74. The van der Waals surface area contributed by atoms with E-state index in [4.69, 9.17) is 28.9 Å². The number of aryl methyl sites for hydroxylation is 1. The van der Waals surface area contributed by atoms with E-state index in [1.165, 1.54) is 30.3 Å². The van der Waals surface area contributed by atoms with Crippen LogP contribution >= 0.6 is 23.2 Å². The molecule has 0 heterocycles. The summed E-state index contributed by atoms with van der Waals surface area (Å²) < 4.78 is 26.9. The van der Waals surface area contributed by atoms with Crippen molar-refractivity contribution in [3.8, 4) is 0 Å². The summed E-state index contributed by atoms with van der Waals surface area (Å²) >= 11 is 11.6. The van der Waals surface area contributed by atoms with Crippen molar-refractivity contribution >= 4 is 44.6 Å². The van der Waals surface area contributed by atoms with Gasteiger partial charge in [-0.1, -0.05) is 23.2 Å². The Morgan fingerprint density at radius 1 is 1.05 bits per heavy atom. The highest BCUT2D eigenvalue weighted by molar-refractivity contribution is 7.92. The van der Waals surface area contributed by atoms with Gasteiger partial charge in [0.25, 0.3) is 10.0 Å². The summed E-state index contributed by atoms with van der Waals surface area (Å²) in [5.74, 6) is 0. The molecular weight excluding hydrogens is 319 g/mol. The van der Waals surface area contributed by atoms with Crippen molar-refractivity contribution in [1.29, 1.82) is 0 Å². The molecule has 0 unspecified atom stereocenters. The van der Waals surface area contributed by atoms with E-state index in [0.717, 1.165) is 0 Å². The Balaban J connectivity index is 2.35. The van der Waals surface area contributed by atoms with Crippen molar-refractivity contribution in [2.24, 2.45) is 0 Å². The first-order valence-electron chi connectivity index (χ1n) is 5.63. The molecule has 7 heteroatoms. The van der Waals surface area contributed by atoms with Crippen LogP contribution in [-0.2, 0) is 10.0 Å². The zero-order chi connectivity index (χ0) is 14.9. The van der Waals surface area contributed by atoms with Crippen LogP contribution in [0.2, 0.25) is 10.0 Å². The fourth-order valence-corrected chi connectivity index (χ4v) is 3.02. The number of nitrogens with two attached hydrogens (primary N) is 1. The summed E-state index contributed by atoms with van der Waals surface area (Å²) in [4.78, 5) is 0.135. The molecule has 2 aromatic rings. The molecular formula is C13H12Cl2N2O2S. The lowest BCUT2D eigenvalue weighted by Crippen LogP contribution is -2.13. The Kier molecular flexibility index (Phi) is 4.13. The molecule has 0 radical (unpaired) electrons. The second-order valence-electron chi connectivity index (χ2n) is 4.25. The van der Waals surface area contributed by atoms with E-state index in [1.54, 1.807) is 13.0 Å². The van der Waals surface area contributed by atoms with Crippen molar-refractivity contribution in [3.63, 3.8) is 0 Å². The predicted octanol–water partition coefficient (Wildman–Crippen LogP) is 3.68. The fraction of sp³-hybridized carbons (Fsp3) is 0.0769. The third kappa shape index (κ3) is 3.17. The molecule has 0 fully saturated rings. The van der Waals surface area contributed by atoms with Crippen LogP contribution in [0.25, 0.3) is 0 Å². The van der Waals surface area contributed by atoms with Crippen molar-refractivity contribution < 1.29 is 8.42 Å². The number of nitrogens with one attached hydrogen (secondary N) is 1. The van der Waals surface area contributed by atoms with Crippen molar-refractivity contribution in [2.45, 2.75) is 11.8 Å². The molecule has 0 aliphatic rings. The maximum atomic E-state index is 12.2. The zero-order valence-electron chi connectivity index (χ0n) is 10.5. The summed E-state index contributed by atoms with van der Waals surface area (Å²) in [6, 6.07) is 9.02. The highest BCUT2D eigenvalue weighted by Crippen LogP contribution is 2.27. The zero-order valence-corrected chi connectivity index (χ0v) is 12.9. The van der Waals surface area contributed by atoms with Gasteiger partial charge in [0.15, 0.2) is 0 Å². The highest BCUT2D eigenvalue weighted by Gasteiger charge is 2.15. The molecule has 0 atom stereocenters. The molecule has 0 spiro atoms. The van der Waals surface area contributed by atoms with Gasteiger partial charge in [-0.05, 0) is 48.9 Å². The van der Waals surface area contributed by atoms with Crippen molar-refractivity contribution in [1.82, 2.24) is 0 Å². The average molecular weight is 331 g/mol. The molecule has 0 aliphatic heterocycles. The van der Waals surface area contributed by atoms with E-state index in [0.29, 0.717) is 22.0 Å². The maximum Gasteiger partial charge on any atom is 0.261 e. The first-order valence-corrected chi connectivity index (χ1v) is 7.87. The van der Waals surface area contributed by atoms with E-state index in [-0.39, 0.29) is 9.92 Å². The van der Waals surface area contributed by atoms with Crippen LogP contribution in [-0.4, -0.2) is 8.42 Å². The largest absolute Gasteiger partial charge is 0.399 e. The Labute approximate surface area is 127 Å². The van der Waals surface area contributed by atoms with Crippen LogP contribution < -0.4 is 10.5 Å². The molecule has 2 rings (SSSR count). The molecule has 0 saturated heterocycles. The smallest absolute Gasteiger partial charge is 0.261 e. The van der Waals surface area contributed by atoms with Crippen LogP contribution in [0.3, 0.4) is 0 Å².